The van der Waals surface area contributed by atoms with E-state index in [1.807, 2.05) is 6.08 Å². The van der Waals surface area contributed by atoms with Crippen molar-refractivity contribution in [3.8, 4) is 0 Å². The molecule has 0 aromatic heterocycles. The summed E-state index contributed by atoms with van der Waals surface area (Å²) in [6.45, 7) is 3.68. The molecule has 0 fully saturated rings. The monoisotopic (exact) mass is 347 g/mol. The number of para-hydroxylation sites is 1. The van der Waals surface area contributed by atoms with Gasteiger partial charge in [-0.3, -0.25) is 14.9 Å². The van der Waals surface area contributed by atoms with Crippen molar-refractivity contribution in [2.24, 2.45) is 0 Å². The third-order valence-electron chi connectivity index (χ3n) is 4.12. The Morgan fingerprint density at radius 2 is 1.64 bits per heavy atom. The highest BCUT2D eigenvalue weighted by Gasteiger charge is 2.13. The van der Waals surface area contributed by atoms with E-state index in [0.29, 0.717) is 12.0 Å². The molecule has 5 heteroatoms. The zero-order chi connectivity index (χ0) is 18.3. The number of allylic oxidation sites excluding steroid dienone is 1. The maximum absolute atomic E-state index is 11.7. The van der Waals surface area contributed by atoms with Crippen LogP contribution in [0.3, 0.4) is 0 Å². The molecule has 0 atom stereocenters. The molecule has 0 aliphatic rings. The van der Waals surface area contributed by atoms with Gasteiger partial charge in [0.15, 0.2) is 0 Å². The summed E-state index contributed by atoms with van der Waals surface area (Å²) in [5, 5.41) is 10.9. The van der Waals surface area contributed by atoms with Gasteiger partial charge >= 0.3 is 5.97 Å². The van der Waals surface area contributed by atoms with Gasteiger partial charge in [0.05, 0.1) is 10.5 Å². The van der Waals surface area contributed by atoms with Crippen LogP contribution in [-0.2, 0) is 16.1 Å². The Hall–Kier alpha value is -2.17. The van der Waals surface area contributed by atoms with Crippen molar-refractivity contribution in [3.63, 3.8) is 0 Å². The van der Waals surface area contributed by atoms with E-state index in [0.717, 1.165) is 25.7 Å². The number of hydrogen-bond acceptors (Lipinski definition) is 4. The lowest BCUT2D eigenvalue weighted by Crippen LogP contribution is -2.06. The fourth-order valence-corrected chi connectivity index (χ4v) is 2.66. The van der Waals surface area contributed by atoms with Crippen molar-refractivity contribution in [1.82, 2.24) is 0 Å². The summed E-state index contributed by atoms with van der Waals surface area (Å²) < 4.78 is 5.15. The lowest BCUT2D eigenvalue weighted by Gasteiger charge is -2.06. The van der Waals surface area contributed by atoms with E-state index in [4.69, 9.17) is 4.74 Å². The molecule has 1 aromatic carbocycles. The number of carbonyl (C=O) groups excluding carboxylic acids is 1. The van der Waals surface area contributed by atoms with Gasteiger partial charge in [0.2, 0.25) is 0 Å². The van der Waals surface area contributed by atoms with Crippen molar-refractivity contribution in [1.29, 1.82) is 0 Å². The minimum atomic E-state index is -0.458. The van der Waals surface area contributed by atoms with Crippen molar-refractivity contribution >= 4 is 11.7 Å². The van der Waals surface area contributed by atoms with Crippen molar-refractivity contribution in [3.05, 3.63) is 52.6 Å². The SMILES string of the molecule is C=CCCCCCCCCCCC(=O)OCc1ccccc1[N+](=O)[O-]. The average molecular weight is 347 g/mol. The Kier molecular flexibility index (Phi) is 11.0. The van der Waals surface area contributed by atoms with Crippen molar-refractivity contribution in [2.75, 3.05) is 0 Å². The van der Waals surface area contributed by atoms with Crippen LogP contribution < -0.4 is 0 Å². The molecule has 0 N–H and O–H groups in total. The summed E-state index contributed by atoms with van der Waals surface area (Å²) in [7, 11) is 0. The number of benzene rings is 1. The van der Waals surface area contributed by atoms with Gasteiger partial charge in [-0.05, 0) is 25.3 Å². The lowest BCUT2D eigenvalue weighted by atomic mass is 10.1. The van der Waals surface area contributed by atoms with E-state index in [9.17, 15) is 14.9 Å². The molecule has 25 heavy (non-hydrogen) atoms. The zero-order valence-electron chi connectivity index (χ0n) is 15.0. The third-order valence-corrected chi connectivity index (χ3v) is 4.12. The summed E-state index contributed by atoms with van der Waals surface area (Å²) in [4.78, 5) is 22.2. The Labute approximate surface area is 150 Å². The number of nitrogens with zero attached hydrogens (tertiary/aromatic N) is 1. The van der Waals surface area contributed by atoms with Crippen LogP contribution in [0, 0.1) is 10.1 Å². The van der Waals surface area contributed by atoms with Gasteiger partial charge in [-0.2, -0.15) is 0 Å². The van der Waals surface area contributed by atoms with E-state index in [1.165, 1.54) is 38.2 Å². The number of carbonyl (C=O) groups is 1. The molecule has 0 aliphatic heterocycles. The lowest BCUT2D eigenvalue weighted by molar-refractivity contribution is -0.385. The molecule has 0 heterocycles. The Balaban J connectivity index is 2.06. The van der Waals surface area contributed by atoms with E-state index in [1.54, 1.807) is 18.2 Å². The number of nitro groups is 1. The molecule has 0 amide bonds. The van der Waals surface area contributed by atoms with Gasteiger partial charge in [0, 0.05) is 12.5 Å². The largest absolute Gasteiger partial charge is 0.461 e. The summed E-state index contributed by atoms with van der Waals surface area (Å²) in [5.74, 6) is -0.289. The highest BCUT2D eigenvalue weighted by molar-refractivity contribution is 5.69. The summed E-state index contributed by atoms with van der Waals surface area (Å²) in [5.41, 5.74) is 0.417. The van der Waals surface area contributed by atoms with Crippen LogP contribution in [-0.4, -0.2) is 10.9 Å². The maximum atomic E-state index is 11.7. The number of unbranched alkanes of at least 4 members (excludes halogenated alkanes) is 8. The van der Waals surface area contributed by atoms with Crippen LogP contribution in [0.5, 0.6) is 0 Å². The summed E-state index contributed by atoms with van der Waals surface area (Å²) in [6, 6.07) is 6.33. The molecular formula is C20H29NO4. The van der Waals surface area contributed by atoms with Crippen molar-refractivity contribution < 1.29 is 14.5 Å². The highest BCUT2D eigenvalue weighted by atomic mass is 16.6. The molecule has 0 radical (unpaired) electrons. The summed E-state index contributed by atoms with van der Waals surface area (Å²) in [6.07, 6.45) is 12.6. The predicted octanol–water partition coefficient (Wildman–Crippen LogP) is 5.73. The molecule has 1 rings (SSSR count). The molecule has 5 nitrogen and oxygen atoms in total. The van der Waals surface area contributed by atoms with Gasteiger partial charge in [0.25, 0.3) is 5.69 Å². The van der Waals surface area contributed by atoms with Gasteiger partial charge in [-0.1, -0.05) is 56.7 Å². The molecule has 0 spiro atoms. The van der Waals surface area contributed by atoms with Gasteiger partial charge in [-0.25, -0.2) is 0 Å². The standard InChI is InChI=1S/C20H29NO4/c1-2-3-4-5-6-7-8-9-10-11-16-20(22)25-17-18-14-12-13-15-19(18)21(23)24/h2,12-15H,1,3-11,16-17H2. The topological polar surface area (TPSA) is 69.4 Å². The third kappa shape index (κ3) is 9.65. The fourth-order valence-electron chi connectivity index (χ4n) is 2.66. The van der Waals surface area contributed by atoms with Gasteiger partial charge in [0.1, 0.15) is 6.61 Å². The summed E-state index contributed by atoms with van der Waals surface area (Å²) >= 11 is 0. The zero-order valence-corrected chi connectivity index (χ0v) is 15.0. The molecule has 0 saturated carbocycles. The maximum Gasteiger partial charge on any atom is 0.306 e. The normalized spacial score (nSPS) is 10.4. The quantitative estimate of drug-likeness (QED) is 0.142. The first-order valence-electron chi connectivity index (χ1n) is 9.14. The Bertz CT molecular complexity index is 542. The molecule has 0 unspecified atom stereocenters. The number of rotatable bonds is 14. The van der Waals surface area contributed by atoms with Crippen LogP contribution in [0.25, 0.3) is 0 Å². The minimum Gasteiger partial charge on any atom is -0.461 e. The number of nitro benzene ring substituents is 1. The molecule has 138 valence electrons. The first kappa shape index (κ1) is 20.9. The molecule has 0 saturated heterocycles. The number of hydrogen-bond donors (Lipinski definition) is 0. The van der Waals surface area contributed by atoms with Crippen LogP contribution >= 0.6 is 0 Å². The van der Waals surface area contributed by atoms with E-state index < -0.39 is 4.92 Å². The van der Waals surface area contributed by atoms with Crippen LogP contribution in [0.1, 0.15) is 69.8 Å². The van der Waals surface area contributed by atoms with Crippen LogP contribution in [0.4, 0.5) is 5.69 Å². The van der Waals surface area contributed by atoms with E-state index >= 15 is 0 Å². The second-order valence-electron chi connectivity index (χ2n) is 6.20. The fraction of sp³-hybridized carbons (Fsp3) is 0.550. The van der Waals surface area contributed by atoms with Gasteiger partial charge < -0.3 is 4.74 Å². The van der Waals surface area contributed by atoms with E-state index in [2.05, 4.69) is 6.58 Å². The highest BCUT2D eigenvalue weighted by Crippen LogP contribution is 2.19. The Morgan fingerprint density at radius 3 is 2.28 bits per heavy atom. The predicted molar refractivity (Wildman–Crippen MR) is 99.3 cm³/mol. The first-order valence-corrected chi connectivity index (χ1v) is 9.14. The molecule has 0 bridgehead atoms. The van der Waals surface area contributed by atoms with Crippen LogP contribution in [0.15, 0.2) is 36.9 Å². The minimum absolute atomic E-state index is 0.0107. The average Bonchev–Trinajstić information content (AvgIpc) is 2.61. The number of esters is 1. The van der Waals surface area contributed by atoms with Crippen molar-refractivity contribution in [2.45, 2.75) is 70.8 Å². The Morgan fingerprint density at radius 1 is 1.04 bits per heavy atom. The number of ether oxygens (including phenoxy) is 1. The smallest absolute Gasteiger partial charge is 0.306 e. The molecule has 1 aromatic rings. The second kappa shape index (κ2) is 13.2. The molecule has 0 aliphatic carbocycles. The molecular weight excluding hydrogens is 318 g/mol. The first-order chi connectivity index (χ1) is 12.1. The van der Waals surface area contributed by atoms with Gasteiger partial charge in [-0.15, -0.1) is 6.58 Å². The van der Waals surface area contributed by atoms with E-state index in [-0.39, 0.29) is 18.3 Å². The second-order valence-corrected chi connectivity index (χ2v) is 6.20. The van der Waals surface area contributed by atoms with Crippen LogP contribution in [0.2, 0.25) is 0 Å².